The van der Waals surface area contributed by atoms with Crippen LogP contribution < -0.4 is 10.6 Å². The lowest BCUT2D eigenvalue weighted by Crippen LogP contribution is -2.12. The molecular weight excluding hydrogens is 350 g/mol. The van der Waals surface area contributed by atoms with Gasteiger partial charge in [0.15, 0.2) is 5.82 Å². The Morgan fingerprint density at radius 2 is 1.92 bits per heavy atom. The van der Waals surface area contributed by atoms with Crippen molar-refractivity contribution >= 4 is 29.3 Å². The molecule has 1 aliphatic rings. The highest BCUT2D eigenvalue weighted by molar-refractivity contribution is 6.31. The summed E-state index contributed by atoms with van der Waals surface area (Å²) in [4.78, 5) is 13.2. The number of aromatic amines is 1. The highest BCUT2D eigenvalue weighted by Gasteiger charge is 2.25. The normalized spacial score (nSPS) is 14.9. The minimum absolute atomic E-state index is 0.0368. The fraction of sp³-hybridized carbons (Fsp3) is 0.333. The number of anilines is 3. The third-order valence-electron chi connectivity index (χ3n) is 4.32. The fourth-order valence-corrected chi connectivity index (χ4v) is 3.12. The van der Waals surface area contributed by atoms with Crippen LogP contribution in [-0.4, -0.2) is 25.1 Å². The second kappa shape index (κ2) is 6.92. The molecule has 1 atom stereocenters. The molecule has 26 heavy (non-hydrogen) atoms. The molecule has 2 heterocycles. The molecule has 3 aromatic rings. The highest BCUT2D eigenvalue weighted by Crippen LogP contribution is 2.39. The average Bonchev–Trinajstić information content (AvgIpc) is 3.35. The van der Waals surface area contributed by atoms with Gasteiger partial charge in [-0.3, -0.25) is 5.10 Å². The third-order valence-corrected chi connectivity index (χ3v) is 4.66. The van der Waals surface area contributed by atoms with E-state index in [9.17, 15) is 0 Å². The molecular formula is C18H20ClN7. The Balaban J connectivity index is 1.51. The summed E-state index contributed by atoms with van der Waals surface area (Å²) in [5.74, 6) is 2.90. The third kappa shape index (κ3) is 3.77. The van der Waals surface area contributed by atoms with Crippen molar-refractivity contribution in [3.8, 4) is 0 Å². The lowest BCUT2D eigenvalue weighted by molar-refractivity contribution is 0.847. The van der Waals surface area contributed by atoms with E-state index < -0.39 is 0 Å². The second-order valence-corrected chi connectivity index (χ2v) is 6.93. The fourth-order valence-electron chi connectivity index (χ4n) is 2.82. The van der Waals surface area contributed by atoms with Gasteiger partial charge in [0.25, 0.3) is 0 Å². The van der Waals surface area contributed by atoms with E-state index in [2.05, 4.69) is 35.8 Å². The first-order valence-electron chi connectivity index (χ1n) is 8.64. The maximum atomic E-state index is 6.27. The molecule has 3 N–H and O–H groups in total. The van der Waals surface area contributed by atoms with Crippen molar-refractivity contribution in [1.29, 1.82) is 0 Å². The molecule has 2 aromatic heterocycles. The topological polar surface area (TPSA) is 91.4 Å². The molecule has 1 fully saturated rings. The Hall–Kier alpha value is -2.67. The van der Waals surface area contributed by atoms with Crippen LogP contribution >= 0.6 is 11.6 Å². The first-order chi connectivity index (χ1) is 12.6. The summed E-state index contributed by atoms with van der Waals surface area (Å²) in [6.45, 7) is 3.85. The zero-order valence-electron chi connectivity index (χ0n) is 14.6. The summed E-state index contributed by atoms with van der Waals surface area (Å²) in [6.07, 6.45) is 2.45. The molecule has 4 rings (SSSR count). The molecule has 0 radical (unpaired) electrons. The molecule has 0 spiro atoms. The van der Waals surface area contributed by atoms with Crippen LogP contribution in [0.2, 0.25) is 5.02 Å². The molecule has 1 unspecified atom stereocenters. The number of hydrogen-bond acceptors (Lipinski definition) is 6. The summed E-state index contributed by atoms with van der Waals surface area (Å²) in [5, 5.41) is 14.5. The van der Waals surface area contributed by atoms with Crippen molar-refractivity contribution in [2.75, 3.05) is 10.6 Å². The summed E-state index contributed by atoms with van der Waals surface area (Å²) in [7, 11) is 0. The van der Waals surface area contributed by atoms with Gasteiger partial charge in [-0.1, -0.05) is 29.8 Å². The molecule has 1 aliphatic carbocycles. The maximum Gasteiger partial charge on any atom is 0.233 e. The summed E-state index contributed by atoms with van der Waals surface area (Å²) < 4.78 is 0. The van der Waals surface area contributed by atoms with Crippen molar-refractivity contribution in [3.63, 3.8) is 0 Å². The number of rotatable bonds is 6. The van der Waals surface area contributed by atoms with Gasteiger partial charge in [0.05, 0.1) is 6.04 Å². The Morgan fingerprint density at radius 3 is 2.69 bits per heavy atom. The van der Waals surface area contributed by atoms with Crippen LogP contribution in [0.25, 0.3) is 0 Å². The quantitative estimate of drug-likeness (QED) is 0.598. The predicted molar refractivity (Wildman–Crippen MR) is 102 cm³/mol. The molecule has 0 bridgehead atoms. The number of nitrogens with zero attached hydrogens (tertiary/aromatic N) is 4. The van der Waals surface area contributed by atoms with Crippen molar-refractivity contribution in [2.45, 2.75) is 38.6 Å². The van der Waals surface area contributed by atoms with Gasteiger partial charge in [-0.05, 0) is 38.3 Å². The van der Waals surface area contributed by atoms with E-state index in [0.29, 0.717) is 34.5 Å². The van der Waals surface area contributed by atoms with Crippen LogP contribution in [-0.2, 0) is 0 Å². The molecule has 7 nitrogen and oxygen atoms in total. The van der Waals surface area contributed by atoms with Crippen LogP contribution in [0.15, 0.2) is 30.3 Å². The van der Waals surface area contributed by atoms with Gasteiger partial charge in [0.2, 0.25) is 11.9 Å². The number of aryl methyl sites for hydroxylation is 1. The number of halogens is 1. The van der Waals surface area contributed by atoms with E-state index in [1.54, 1.807) is 0 Å². The molecule has 0 amide bonds. The first-order valence-corrected chi connectivity index (χ1v) is 9.02. The second-order valence-electron chi connectivity index (χ2n) is 6.53. The van der Waals surface area contributed by atoms with Crippen LogP contribution in [0.4, 0.5) is 17.7 Å². The van der Waals surface area contributed by atoms with E-state index in [1.165, 1.54) is 12.8 Å². The number of H-pyrrole nitrogens is 1. The van der Waals surface area contributed by atoms with Crippen molar-refractivity contribution in [3.05, 3.63) is 52.4 Å². The van der Waals surface area contributed by atoms with Crippen LogP contribution in [0.5, 0.6) is 0 Å². The lowest BCUT2D eigenvalue weighted by Gasteiger charge is -2.16. The van der Waals surface area contributed by atoms with Crippen molar-refractivity contribution < 1.29 is 0 Å². The Morgan fingerprint density at radius 1 is 1.15 bits per heavy atom. The molecule has 0 saturated heterocycles. The first kappa shape index (κ1) is 16.8. The number of nitrogens with one attached hydrogen (secondary N) is 3. The summed E-state index contributed by atoms with van der Waals surface area (Å²) in [5.41, 5.74) is 2.15. The molecule has 8 heteroatoms. The van der Waals surface area contributed by atoms with Gasteiger partial charge in [-0.2, -0.15) is 20.1 Å². The number of aromatic nitrogens is 5. The van der Waals surface area contributed by atoms with Gasteiger partial charge >= 0.3 is 0 Å². The summed E-state index contributed by atoms with van der Waals surface area (Å²) in [6, 6.07) is 9.70. The molecule has 1 saturated carbocycles. The average molecular weight is 370 g/mol. The minimum Gasteiger partial charge on any atom is -0.347 e. The Kier molecular flexibility index (Phi) is 4.46. The zero-order valence-corrected chi connectivity index (χ0v) is 15.4. The Labute approximate surface area is 156 Å². The molecule has 1 aromatic carbocycles. The Bertz CT molecular complexity index is 919. The molecule has 134 valence electrons. The van der Waals surface area contributed by atoms with E-state index in [4.69, 9.17) is 11.6 Å². The maximum absolute atomic E-state index is 6.27. The van der Waals surface area contributed by atoms with Gasteiger partial charge in [-0.25, -0.2) is 0 Å². The number of hydrogen-bond donors (Lipinski definition) is 3. The van der Waals surface area contributed by atoms with Crippen LogP contribution in [0, 0.1) is 6.92 Å². The zero-order chi connectivity index (χ0) is 18.1. The number of benzene rings is 1. The van der Waals surface area contributed by atoms with Gasteiger partial charge in [0, 0.05) is 22.7 Å². The SMILES string of the molecule is Cc1nc(Nc2cc(C3CC3)[nH]n2)nc(NC(C)c2ccccc2Cl)n1. The standard InChI is InChI=1S/C18H20ClN7/c1-10(13-5-3-4-6-14(13)19)20-17-21-11(2)22-18(24-17)23-16-9-15(25-26-16)12-7-8-12/h3-6,9-10,12H,7-8H2,1-2H3,(H3,20,21,22,23,24,25,26). The van der Waals surface area contributed by atoms with Crippen LogP contribution in [0.3, 0.4) is 0 Å². The van der Waals surface area contributed by atoms with Crippen LogP contribution in [0.1, 0.15) is 48.8 Å². The van der Waals surface area contributed by atoms with Crippen molar-refractivity contribution in [2.24, 2.45) is 0 Å². The highest BCUT2D eigenvalue weighted by atomic mass is 35.5. The van der Waals surface area contributed by atoms with E-state index >= 15 is 0 Å². The lowest BCUT2D eigenvalue weighted by atomic mass is 10.1. The minimum atomic E-state index is -0.0368. The smallest absolute Gasteiger partial charge is 0.233 e. The predicted octanol–water partition coefficient (Wildman–Crippen LogP) is 4.35. The van der Waals surface area contributed by atoms with Gasteiger partial charge in [0.1, 0.15) is 5.82 Å². The monoisotopic (exact) mass is 369 g/mol. The van der Waals surface area contributed by atoms with E-state index in [0.717, 1.165) is 11.3 Å². The van der Waals surface area contributed by atoms with Gasteiger partial charge in [-0.15, -0.1) is 0 Å². The van der Waals surface area contributed by atoms with E-state index in [-0.39, 0.29) is 6.04 Å². The van der Waals surface area contributed by atoms with Gasteiger partial charge < -0.3 is 10.6 Å². The summed E-state index contributed by atoms with van der Waals surface area (Å²) >= 11 is 6.27. The van der Waals surface area contributed by atoms with Crippen molar-refractivity contribution in [1.82, 2.24) is 25.1 Å². The van der Waals surface area contributed by atoms with E-state index in [1.807, 2.05) is 44.2 Å². The molecule has 0 aliphatic heterocycles. The largest absolute Gasteiger partial charge is 0.347 e.